The fraction of sp³-hybridized carbons (Fsp3) is 0.846. The molecule has 1 aliphatic rings. The van der Waals surface area contributed by atoms with Gasteiger partial charge in [0.15, 0.2) is 0 Å². The van der Waals surface area contributed by atoms with E-state index in [0.29, 0.717) is 5.92 Å². The van der Waals surface area contributed by atoms with E-state index in [-0.39, 0.29) is 0 Å². The Bertz CT molecular complexity index is 163. The first kappa shape index (κ1) is 10.8. The molecule has 2 atom stereocenters. The van der Waals surface area contributed by atoms with Crippen LogP contribution in [0.2, 0.25) is 0 Å². The third-order valence-corrected chi connectivity index (χ3v) is 3.96. The van der Waals surface area contributed by atoms with E-state index in [4.69, 9.17) is 0 Å². The molecule has 0 aromatic heterocycles. The molecule has 0 aliphatic heterocycles. The van der Waals surface area contributed by atoms with Crippen LogP contribution in [0.25, 0.3) is 0 Å². The van der Waals surface area contributed by atoms with E-state index >= 15 is 0 Å². The summed E-state index contributed by atoms with van der Waals surface area (Å²) in [5.41, 5.74) is 1.36. The van der Waals surface area contributed by atoms with Crippen molar-refractivity contribution in [3.05, 3.63) is 12.2 Å². The van der Waals surface area contributed by atoms with Crippen molar-refractivity contribution >= 4 is 0 Å². The maximum Gasteiger partial charge on any atom is -0.0209 e. The second-order valence-electron chi connectivity index (χ2n) is 4.89. The summed E-state index contributed by atoms with van der Waals surface area (Å²) >= 11 is 0. The van der Waals surface area contributed by atoms with Gasteiger partial charge in [0, 0.05) is 0 Å². The van der Waals surface area contributed by atoms with Crippen molar-refractivity contribution in [2.75, 3.05) is 0 Å². The lowest BCUT2D eigenvalue weighted by Gasteiger charge is -2.32. The summed E-state index contributed by atoms with van der Waals surface area (Å²) in [6, 6.07) is 0. The number of hydrogen-bond donors (Lipinski definition) is 0. The van der Waals surface area contributed by atoms with E-state index in [1.165, 1.54) is 37.7 Å². The third kappa shape index (κ3) is 2.86. The van der Waals surface area contributed by atoms with Crippen LogP contribution in [-0.4, -0.2) is 0 Å². The van der Waals surface area contributed by atoms with Crippen LogP contribution in [0, 0.1) is 17.8 Å². The first-order chi connectivity index (χ1) is 6.13. The average Bonchev–Trinajstić information content (AvgIpc) is 2.17. The summed E-state index contributed by atoms with van der Waals surface area (Å²) in [6.07, 6.45) is 7.29. The summed E-state index contributed by atoms with van der Waals surface area (Å²) in [4.78, 5) is 0. The summed E-state index contributed by atoms with van der Waals surface area (Å²) in [5, 5.41) is 0. The minimum absolute atomic E-state index is 0.711. The molecule has 1 rings (SSSR count). The SMILES string of the molecule is C=C(C)C(C)C(C)C1CCCCC1. The van der Waals surface area contributed by atoms with Gasteiger partial charge in [0.1, 0.15) is 0 Å². The Morgan fingerprint density at radius 3 is 2.15 bits per heavy atom. The van der Waals surface area contributed by atoms with Crippen LogP contribution in [-0.2, 0) is 0 Å². The molecule has 0 saturated heterocycles. The first-order valence-electron chi connectivity index (χ1n) is 5.78. The summed E-state index contributed by atoms with van der Waals surface area (Å²) in [7, 11) is 0. The van der Waals surface area contributed by atoms with Crippen molar-refractivity contribution in [3.63, 3.8) is 0 Å². The molecule has 1 saturated carbocycles. The van der Waals surface area contributed by atoms with Gasteiger partial charge in [0.05, 0.1) is 0 Å². The maximum atomic E-state index is 4.07. The zero-order valence-corrected chi connectivity index (χ0v) is 9.47. The smallest absolute Gasteiger partial charge is 0.0209 e. The van der Waals surface area contributed by atoms with Crippen LogP contribution in [0.3, 0.4) is 0 Å². The molecule has 1 fully saturated rings. The van der Waals surface area contributed by atoms with Crippen LogP contribution in [0.4, 0.5) is 0 Å². The molecule has 76 valence electrons. The Kier molecular flexibility index (Phi) is 4.02. The molecule has 0 nitrogen and oxygen atoms in total. The monoisotopic (exact) mass is 180 g/mol. The van der Waals surface area contributed by atoms with E-state index in [9.17, 15) is 0 Å². The fourth-order valence-corrected chi connectivity index (χ4v) is 2.52. The lowest BCUT2D eigenvalue weighted by atomic mass is 9.74. The Labute approximate surface area is 83.4 Å². The van der Waals surface area contributed by atoms with Gasteiger partial charge in [-0.3, -0.25) is 0 Å². The van der Waals surface area contributed by atoms with Crippen molar-refractivity contribution in [2.24, 2.45) is 17.8 Å². The molecule has 0 radical (unpaired) electrons. The second-order valence-corrected chi connectivity index (χ2v) is 4.89. The maximum absolute atomic E-state index is 4.07. The van der Waals surface area contributed by atoms with Crippen LogP contribution in [0.15, 0.2) is 12.2 Å². The predicted molar refractivity (Wildman–Crippen MR) is 59.7 cm³/mol. The highest BCUT2D eigenvalue weighted by Gasteiger charge is 2.24. The van der Waals surface area contributed by atoms with Gasteiger partial charge < -0.3 is 0 Å². The van der Waals surface area contributed by atoms with Gasteiger partial charge in [0.25, 0.3) is 0 Å². The molecule has 0 bridgehead atoms. The van der Waals surface area contributed by atoms with E-state index in [1.807, 2.05) is 0 Å². The molecule has 2 unspecified atom stereocenters. The molecular formula is C13H24. The lowest BCUT2D eigenvalue weighted by molar-refractivity contribution is 0.221. The molecule has 1 aliphatic carbocycles. The molecule has 0 amide bonds. The zero-order chi connectivity index (χ0) is 9.84. The van der Waals surface area contributed by atoms with Crippen LogP contribution in [0.5, 0.6) is 0 Å². The van der Waals surface area contributed by atoms with Gasteiger partial charge in [-0.1, -0.05) is 58.1 Å². The van der Waals surface area contributed by atoms with Crippen LogP contribution < -0.4 is 0 Å². The molecule has 0 heteroatoms. The fourth-order valence-electron chi connectivity index (χ4n) is 2.52. The predicted octanol–water partition coefficient (Wildman–Crippen LogP) is 4.42. The van der Waals surface area contributed by atoms with Crippen molar-refractivity contribution in [3.8, 4) is 0 Å². The molecule has 0 aromatic carbocycles. The Hall–Kier alpha value is -0.260. The van der Waals surface area contributed by atoms with Gasteiger partial charge in [-0.05, 0) is 24.7 Å². The quantitative estimate of drug-likeness (QED) is 0.564. The topological polar surface area (TPSA) is 0 Å². The van der Waals surface area contributed by atoms with Gasteiger partial charge >= 0.3 is 0 Å². The zero-order valence-electron chi connectivity index (χ0n) is 9.47. The first-order valence-corrected chi connectivity index (χ1v) is 5.78. The van der Waals surface area contributed by atoms with E-state index < -0.39 is 0 Å². The highest BCUT2D eigenvalue weighted by molar-refractivity contribution is 4.97. The summed E-state index contributed by atoms with van der Waals surface area (Å²) in [6.45, 7) is 11.0. The minimum atomic E-state index is 0.711. The molecule has 0 aromatic rings. The third-order valence-electron chi connectivity index (χ3n) is 3.96. The summed E-state index contributed by atoms with van der Waals surface area (Å²) in [5.74, 6) is 2.53. The Balaban J connectivity index is 2.44. The molecule has 0 spiro atoms. The Morgan fingerprint density at radius 1 is 1.15 bits per heavy atom. The van der Waals surface area contributed by atoms with Crippen molar-refractivity contribution in [2.45, 2.75) is 52.9 Å². The van der Waals surface area contributed by atoms with Gasteiger partial charge in [-0.15, -0.1) is 0 Å². The normalized spacial score (nSPS) is 23.9. The molecule has 13 heavy (non-hydrogen) atoms. The molecular weight excluding hydrogens is 156 g/mol. The average molecular weight is 180 g/mol. The molecule has 0 heterocycles. The highest BCUT2D eigenvalue weighted by atomic mass is 14.3. The Morgan fingerprint density at radius 2 is 1.69 bits per heavy atom. The van der Waals surface area contributed by atoms with E-state index in [2.05, 4.69) is 27.4 Å². The van der Waals surface area contributed by atoms with Crippen LogP contribution >= 0.6 is 0 Å². The second kappa shape index (κ2) is 4.83. The van der Waals surface area contributed by atoms with E-state index in [1.54, 1.807) is 0 Å². The standard InChI is InChI=1S/C13H24/c1-10(2)11(3)12(4)13-8-6-5-7-9-13/h11-13H,1,5-9H2,2-4H3. The van der Waals surface area contributed by atoms with Crippen molar-refractivity contribution in [1.29, 1.82) is 0 Å². The minimum Gasteiger partial charge on any atom is -0.0999 e. The summed E-state index contributed by atoms with van der Waals surface area (Å²) < 4.78 is 0. The van der Waals surface area contributed by atoms with Gasteiger partial charge in [-0.25, -0.2) is 0 Å². The van der Waals surface area contributed by atoms with Gasteiger partial charge in [-0.2, -0.15) is 0 Å². The van der Waals surface area contributed by atoms with E-state index in [0.717, 1.165) is 11.8 Å². The highest BCUT2D eigenvalue weighted by Crippen LogP contribution is 2.35. The van der Waals surface area contributed by atoms with Crippen molar-refractivity contribution < 1.29 is 0 Å². The number of allylic oxidation sites excluding steroid dienone is 1. The van der Waals surface area contributed by atoms with Crippen molar-refractivity contribution in [1.82, 2.24) is 0 Å². The number of rotatable bonds is 3. The lowest BCUT2D eigenvalue weighted by Crippen LogP contribution is -2.21. The van der Waals surface area contributed by atoms with Gasteiger partial charge in [0.2, 0.25) is 0 Å². The largest absolute Gasteiger partial charge is 0.0999 e. The number of hydrogen-bond acceptors (Lipinski definition) is 0. The van der Waals surface area contributed by atoms with Crippen LogP contribution in [0.1, 0.15) is 52.9 Å². The molecule has 0 N–H and O–H groups in total.